The van der Waals surface area contributed by atoms with Crippen molar-refractivity contribution in [2.24, 2.45) is 11.8 Å². The van der Waals surface area contributed by atoms with Gasteiger partial charge in [0.2, 0.25) is 0 Å². The summed E-state index contributed by atoms with van der Waals surface area (Å²) in [7, 11) is -9.92. The molecular formula is C83H162O17P2. The first kappa shape index (κ1) is 100. The predicted molar refractivity (Wildman–Crippen MR) is 418 cm³/mol. The molecule has 0 aliphatic heterocycles. The fourth-order valence-electron chi connectivity index (χ4n) is 12.9. The Morgan fingerprint density at radius 2 is 0.451 bits per heavy atom. The molecule has 17 nitrogen and oxygen atoms in total. The van der Waals surface area contributed by atoms with E-state index in [0.717, 1.165) is 102 Å². The summed E-state index contributed by atoms with van der Waals surface area (Å²) in [6, 6.07) is 0. The summed E-state index contributed by atoms with van der Waals surface area (Å²) in [5.74, 6) is -0.572. The molecule has 19 heteroatoms. The van der Waals surface area contributed by atoms with E-state index in [1.54, 1.807) is 0 Å². The van der Waals surface area contributed by atoms with Gasteiger partial charge in [-0.15, -0.1) is 0 Å². The Kier molecular flexibility index (Phi) is 73.1. The minimum absolute atomic E-state index is 0.106. The van der Waals surface area contributed by atoms with E-state index in [-0.39, 0.29) is 25.7 Å². The Morgan fingerprint density at radius 3 is 0.667 bits per heavy atom. The van der Waals surface area contributed by atoms with Gasteiger partial charge in [-0.1, -0.05) is 388 Å². The molecule has 5 atom stereocenters. The second-order valence-electron chi connectivity index (χ2n) is 30.8. The second kappa shape index (κ2) is 74.5. The summed E-state index contributed by atoms with van der Waals surface area (Å²) >= 11 is 0. The molecule has 0 fully saturated rings. The number of phosphoric acid groups is 2. The first-order chi connectivity index (χ1) is 49.4. The van der Waals surface area contributed by atoms with Gasteiger partial charge < -0.3 is 33.8 Å². The zero-order chi connectivity index (χ0) is 74.9. The van der Waals surface area contributed by atoms with Crippen LogP contribution in [-0.2, 0) is 65.4 Å². The van der Waals surface area contributed by atoms with E-state index in [9.17, 15) is 43.2 Å². The number of aliphatic hydroxyl groups excluding tert-OH is 1. The quantitative estimate of drug-likeness (QED) is 0.0222. The molecule has 0 heterocycles. The number of unbranched alkanes of at least 4 members (excludes halogenated alkanes) is 52. The molecule has 0 aliphatic rings. The number of aliphatic hydroxyl groups is 1. The molecule has 0 aromatic heterocycles. The van der Waals surface area contributed by atoms with Crippen molar-refractivity contribution in [3.05, 3.63) is 0 Å². The van der Waals surface area contributed by atoms with Crippen molar-refractivity contribution in [3.8, 4) is 0 Å². The van der Waals surface area contributed by atoms with Crippen LogP contribution >= 0.6 is 15.6 Å². The van der Waals surface area contributed by atoms with Crippen molar-refractivity contribution in [2.45, 2.75) is 458 Å². The minimum Gasteiger partial charge on any atom is -0.462 e. The third kappa shape index (κ3) is 76.3. The van der Waals surface area contributed by atoms with Crippen LogP contribution in [0.1, 0.15) is 440 Å². The summed E-state index contributed by atoms with van der Waals surface area (Å²) in [4.78, 5) is 73.1. The third-order valence-corrected chi connectivity index (χ3v) is 21.4. The van der Waals surface area contributed by atoms with Crippen LogP contribution in [0, 0.1) is 11.8 Å². The largest absolute Gasteiger partial charge is 0.472 e. The van der Waals surface area contributed by atoms with Gasteiger partial charge in [0.25, 0.3) is 0 Å². The monoisotopic (exact) mass is 1490 g/mol. The van der Waals surface area contributed by atoms with Crippen LogP contribution in [-0.4, -0.2) is 96.7 Å². The second-order valence-corrected chi connectivity index (χ2v) is 33.7. The average Bonchev–Trinajstić information content (AvgIpc) is 0.919. The van der Waals surface area contributed by atoms with Crippen LogP contribution in [0.15, 0.2) is 0 Å². The Labute approximate surface area is 626 Å². The lowest BCUT2D eigenvalue weighted by molar-refractivity contribution is -0.161. The average molecular weight is 1490 g/mol. The normalized spacial score (nSPS) is 13.9. The summed E-state index contributed by atoms with van der Waals surface area (Å²) in [6.45, 7) is 9.64. The Morgan fingerprint density at radius 1 is 0.265 bits per heavy atom. The third-order valence-electron chi connectivity index (χ3n) is 19.5. The Hall–Kier alpha value is -1.94. The maximum Gasteiger partial charge on any atom is 0.472 e. The summed E-state index contributed by atoms with van der Waals surface area (Å²) in [5, 5.41) is 10.6. The number of hydrogen-bond acceptors (Lipinski definition) is 15. The molecule has 0 rings (SSSR count). The predicted octanol–water partition coefficient (Wildman–Crippen LogP) is 25.1. The molecular weight excluding hydrogens is 1330 g/mol. The summed E-state index contributed by atoms with van der Waals surface area (Å²) < 4.78 is 68.8. The lowest BCUT2D eigenvalue weighted by Crippen LogP contribution is -2.30. The molecule has 2 unspecified atom stereocenters. The van der Waals surface area contributed by atoms with E-state index in [1.807, 2.05) is 0 Å². The van der Waals surface area contributed by atoms with E-state index in [0.29, 0.717) is 25.7 Å². The van der Waals surface area contributed by atoms with Crippen LogP contribution in [0.4, 0.5) is 0 Å². The minimum atomic E-state index is -4.96. The van der Waals surface area contributed by atoms with Crippen LogP contribution in [0.25, 0.3) is 0 Å². The molecule has 0 aliphatic carbocycles. The summed E-state index contributed by atoms with van der Waals surface area (Å²) in [6.07, 6.45) is 65.3. The number of esters is 4. The molecule has 0 radical (unpaired) electrons. The molecule has 0 saturated heterocycles. The summed E-state index contributed by atoms with van der Waals surface area (Å²) in [5.41, 5.74) is 0. The van der Waals surface area contributed by atoms with Crippen LogP contribution in [0.3, 0.4) is 0 Å². The van der Waals surface area contributed by atoms with Crippen molar-refractivity contribution in [1.29, 1.82) is 0 Å². The number of rotatable bonds is 82. The topological polar surface area (TPSA) is 237 Å². The zero-order valence-corrected chi connectivity index (χ0v) is 68.7. The van der Waals surface area contributed by atoms with Gasteiger partial charge in [-0.25, -0.2) is 9.13 Å². The Bertz CT molecular complexity index is 1960. The van der Waals surface area contributed by atoms with Gasteiger partial charge in [-0.2, -0.15) is 0 Å². The number of carbonyl (C=O) groups excluding carboxylic acids is 4. The van der Waals surface area contributed by atoms with Gasteiger partial charge in [-0.05, 0) is 37.5 Å². The molecule has 102 heavy (non-hydrogen) atoms. The molecule has 0 aromatic carbocycles. The number of hydrogen-bond donors (Lipinski definition) is 3. The van der Waals surface area contributed by atoms with Crippen molar-refractivity contribution < 1.29 is 80.2 Å². The highest BCUT2D eigenvalue weighted by atomic mass is 31.2. The van der Waals surface area contributed by atoms with Gasteiger partial charge in [0.05, 0.1) is 26.4 Å². The van der Waals surface area contributed by atoms with Gasteiger partial charge in [0.1, 0.15) is 19.3 Å². The smallest absolute Gasteiger partial charge is 0.462 e. The molecule has 606 valence electrons. The standard InChI is InChI=1S/C83H162O17P2/c1-7-9-11-13-15-17-19-20-21-22-23-24-25-26-27-28-33-37-43-49-55-61-67-82(87)99-78(71-94-81(86)66-60-54-48-42-36-32-30-29-31-35-39-45-51-57-63-75(3)4)73-97-101(89,90)95-69-77(84)70-96-102(91,92)98-74-79(72-93-80(85)65-59-53-47-41-34-18-16-14-12-10-8-2)100-83(88)68-62-56-50-44-38-40-46-52-58-64-76(5)6/h75-79,84H,7-74H2,1-6H3,(H,89,90)(H,91,92)/t77-,78-,79-/m1/s1. The number of carbonyl (C=O) groups is 4. The highest BCUT2D eigenvalue weighted by Gasteiger charge is 2.30. The van der Waals surface area contributed by atoms with Gasteiger partial charge in [0, 0.05) is 25.7 Å². The van der Waals surface area contributed by atoms with E-state index >= 15 is 0 Å². The van der Waals surface area contributed by atoms with E-state index in [2.05, 4.69) is 41.5 Å². The van der Waals surface area contributed by atoms with Crippen molar-refractivity contribution in [1.82, 2.24) is 0 Å². The van der Waals surface area contributed by atoms with Crippen molar-refractivity contribution >= 4 is 39.5 Å². The maximum absolute atomic E-state index is 13.1. The van der Waals surface area contributed by atoms with Crippen molar-refractivity contribution in [3.63, 3.8) is 0 Å². The SMILES string of the molecule is CCCCCCCCCCCCCCCCCCCCCCCCC(=O)O[C@H](COC(=O)CCCCCCCCCCCCCCCCC(C)C)COP(=O)(O)OC[C@@H](O)COP(=O)(O)OC[C@@H](COC(=O)CCCCCCCCCCCCC)OC(=O)CCCCCCCCCCCC(C)C. The number of ether oxygens (including phenoxy) is 4. The van der Waals surface area contributed by atoms with Gasteiger partial charge in [0.15, 0.2) is 12.2 Å². The van der Waals surface area contributed by atoms with Gasteiger partial charge >= 0.3 is 39.5 Å². The van der Waals surface area contributed by atoms with Gasteiger partial charge in [-0.3, -0.25) is 37.3 Å². The van der Waals surface area contributed by atoms with E-state index < -0.39 is 97.5 Å². The lowest BCUT2D eigenvalue weighted by Gasteiger charge is -2.21. The molecule has 0 bridgehead atoms. The highest BCUT2D eigenvalue weighted by molar-refractivity contribution is 7.47. The first-order valence-electron chi connectivity index (χ1n) is 43.0. The Balaban J connectivity index is 5.21. The van der Waals surface area contributed by atoms with E-state index in [4.69, 9.17) is 37.0 Å². The van der Waals surface area contributed by atoms with Crippen LogP contribution in [0.2, 0.25) is 0 Å². The molecule has 0 aromatic rings. The van der Waals surface area contributed by atoms with Crippen LogP contribution in [0.5, 0.6) is 0 Å². The zero-order valence-electron chi connectivity index (χ0n) is 66.9. The maximum atomic E-state index is 13.1. The number of phosphoric ester groups is 2. The lowest BCUT2D eigenvalue weighted by atomic mass is 10.0. The fourth-order valence-corrected chi connectivity index (χ4v) is 14.5. The molecule has 0 spiro atoms. The van der Waals surface area contributed by atoms with Crippen LogP contribution < -0.4 is 0 Å². The fraction of sp³-hybridized carbons (Fsp3) is 0.952. The molecule has 3 N–H and O–H groups in total. The van der Waals surface area contributed by atoms with E-state index in [1.165, 1.54) is 257 Å². The van der Waals surface area contributed by atoms with Crippen molar-refractivity contribution in [2.75, 3.05) is 39.6 Å². The first-order valence-corrected chi connectivity index (χ1v) is 46.0. The molecule has 0 amide bonds. The molecule has 0 saturated carbocycles. The highest BCUT2D eigenvalue weighted by Crippen LogP contribution is 2.45.